The van der Waals surface area contributed by atoms with E-state index in [1.807, 2.05) is 6.07 Å². The van der Waals surface area contributed by atoms with E-state index in [-0.39, 0.29) is 10.6 Å². The maximum absolute atomic E-state index is 12.7. The van der Waals surface area contributed by atoms with Crippen molar-refractivity contribution in [1.29, 1.82) is 0 Å². The first-order valence-corrected chi connectivity index (χ1v) is 8.48. The van der Waals surface area contributed by atoms with Crippen molar-refractivity contribution < 1.29 is 14.4 Å². The quantitative estimate of drug-likeness (QED) is 0.746. The first-order chi connectivity index (χ1) is 11.8. The summed E-state index contributed by atoms with van der Waals surface area (Å²) in [7, 11) is 0. The van der Waals surface area contributed by atoms with Crippen LogP contribution in [0.25, 0.3) is 0 Å². The van der Waals surface area contributed by atoms with Crippen molar-refractivity contribution in [3.63, 3.8) is 0 Å². The zero-order valence-electron chi connectivity index (χ0n) is 13.0. The molecule has 4 amide bonds. The van der Waals surface area contributed by atoms with Gasteiger partial charge in [0.2, 0.25) is 0 Å². The number of amides is 4. The molecule has 0 radical (unpaired) electrons. The molecule has 2 aromatic carbocycles. The van der Waals surface area contributed by atoms with Crippen LogP contribution in [0, 0.1) is 0 Å². The Labute approximate surface area is 157 Å². The lowest BCUT2D eigenvalue weighted by atomic mass is 9.92. The molecule has 6 nitrogen and oxygen atoms in total. The van der Waals surface area contributed by atoms with Gasteiger partial charge in [-0.05, 0) is 30.7 Å². The van der Waals surface area contributed by atoms with Gasteiger partial charge < -0.3 is 5.32 Å². The van der Waals surface area contributed by atoms with Crippen molar-refractivity contribution in [2.45, 2.75) is 12.5 Å². The molecule has 0 saturated carbocycles. The van der Waals surface area contributed by atoms with Gasteiger partial charge in [-0.15, -0.1) is 0 Å². The number of nitrogens with one attached hydrogen (secondary N) is 2. The fourth-order valence-corrected chi connectivity index (χ4v) is 3.30. The van der Waals surface area contributed by atoms with Crippen LogP contribution in [0.1, 0.15) is 22.8 Å². The number of hydrazine groups is 1. The molecule has 1 unspecified atom stereocenters. The number of carbonyl (C=O) groups excluding carboxylic acids is 3. The SMILES string of the molecule is CC1(c2ccccc2)NC(=O)N(NC(=O)c2ccc(Br)cc2Cl)C1=O. The standard InChI is InChI=1S/C17H13BrClN3O3/c1-17(10-5-3-2-4-6-10)15(24)22(16(25)20-17)21-14(23)12-8-7-11(18)9-13(12)19/h2-9H,1H3,(H,20,25)(H,21,23). The van der Waals surface area contributed by atoms with Crippen LogP contribution in [0.4, 0.5) is 4.79 Å². The molecule has 8 heteroatoms. The molecular weight excluding hydrogens is 410 g/mol. The second-order valence-corrected chi connectivity index (χ2v) is 6.95. The third-order valence-corrected chi connectivity index (χ3v) is 4.74. The van der Waals surface area contributed by atoms with E-state index in [9.17, 15) is 14.4 Å². The van der Waals surface area contributed by atoms with E-state index in [2.05, 4.69) is 26.7 Å². The molecule has 1 saturated heterocycles. The van der Waals surface area contributed by atoms with Gasteiger partial charge in [-0.3, -0.25) is 15.0 Å². The maximum Gasteiger partial charge on any atom is 0.344 e. The summed E-state index contributed by atoms with van der Waals surface area (Å²) in [4.78, 5) is 37.3. The number of benzene rings is 2. The highest BCUT2D eigenvalue weighted by atomic mass is 79.9. The maximum atomic E-state index is 12.7. The van der Waals surface area contributed by atoms with E-state index in [1.165, 1.54) is 6.07 Å². The molecule has 0 bridgehead atoms. The van der Waals surface area contributed by atoms with Crippen molar-refractivity contribution in [2.75, 3.05) is 0 Å². The molecule has 3 rings (SSSR count). The Kier molecular flexibility index (Phi) is 4.53. The lowest BCUT2D eigenvalue weighted by molar-refractivity contribution is -0.132. The molecular formula is C17H13BrClN3O3. The number of hydrogen-bond donors (Lipinski definition) is 2. The molecule has 0 spiro atoms. The predicted molar refractivity (Wildman–Crippen MR) is 95.8 cm³/mol. The van der Waals surface area contributed by atoms with Crippen molar-refractivity contribution >= 4 is 45.4 Å². The Bertz CT molecular complexity index is 875. The van der Waals surface area contributed by atoms with Gasteiger partial charge in [0.1, 0.15) is 5.54 Å². The Balaban J connectivity index is 1.85. The molecule has 128 valence electrons. The minimum Gasteiger partial charge on any atom is -0.318 e. The molecule has 2 N–H and O–H groups in total. The number of hydrogen-bond acceptors (Lipinski definition) is 3. The zero-order chi connectivity index (χ0) is 18.2. The van der Waals surface area contributed by atoms with Crippen molar-refractivity contribution in [3.8, 4) is 0 Å². The van der Waals surface area contributed by atoms with Crippen molar-refractivity contribution in [1.82, 2.24) is 15.8 Å². The molecule has 1 aliphatic rings. The van der Waals surface area contributed by atoms with Crippen LogP contribution in [0.15, 0.2) is 53.0 Å². The van der Waals surface area contributed by atoms with E-state index in [0.29, 0.717) is 15.0 Å². The van der Waals surface area contributed by atoms with E-state index in [4.69, 9.17) is 11.6 Å². The smallest absolute Gasteiger partial charge is 0.318 e. The summed E-state index contributed by atoms with van der Waals surface area (Å²) >= 11 is 9.29. The molecule has 1 atom stereocenters. The Morgan fingerprint density at radius 2 is 1.88 bits per heavy atom. The Morgan fingerprint density at radius 3 is 2.52 bits per heavy atom. The highest BCUT2D eigenvalue weighted by Gasteiger charge is 2.50. The lowest BCUT2D eigenvalue weighted by Gasteiger charge is -2.22. The second-order valence-electron chi connectivity index (χ2n) is 5.63. The molecule has 25 heavy (non-hydrogen) atoms. The number of halogens is 2. The zero-order valence-corrected chi connectivity index (χ0v) is 15.4. The van der Waals surface area contributed by atoms with Crippen molar-refractivity contribution in [2.24, 2.45) is 0 Å². The Morgan fingerprint density at radius 1 is 1.20 bits per heavy atom. The molecule has 1 heterocycles. The first kappa shape index (κ1) is 17.4. The van der Waals surface area contributed by atoms with Crippen LogP contribution in [0.3, 0.4) is 0 Å². The van der Waals surface area contributed by atoms with Crippen LogP contribution in [0.2, 0.25) is 5.02 Å². The molecule has 2 aromatic rings. The van der Waals surface area contributed by atoms with Crippen LogP contribution >= 0.6 is 27.5 Å². The third kappa shape index (κ3) is 3.12. The van der Waals surface area contributed by atoms with Crippen LogP contribution < -0.4 is 10.7 Å². The highest BCUT2D eigenvalue weighted by Crippen LogP contribution is 2.28. The Hall–Kier alpha value is -2.38. The summed E-state index contributed by atoms with van der Waals surface area (Å²) in [6, 6.07) is 12.8. The largest absolute Gasteiger partial charge is 0.344 e. The van der Waals surface area contributed by atoms with Gasteiger partial charge in [0.05, 0.1) is 10.6 Å². The van der Waals surface area contributed by atoms with Gasteiger partial charge in [0.15, 0.2) is 0 Å². The minimum atomic E-state index is -1.25. The summed E-state index contributed by atoms with van der Waals surface area (Å²) < 4.78 is 0.709. The van der Waals surface area contributed by atoms with E-state index < -0.39 is 23.4 Å². The second kappa shape index (κ2) is 6.50. The number of rotatable bonds is 3. The molecule has 1 fully saturated rings. The van der Waals surface area contributed by atoms with Gasteiger partial charge >= 0.3 is 6.03 Å². The normalized spacial score (nSPS) is 19.7. The number of nitrogens with zero attached hydrogens (tertiary/aromatic N) is 1. The molecule has 0 aliphatic carbocycles. The van der Waals surface area contributed by atoms with E-state index in [0.717, 1.165) is 0 Å². The average molecular weight is 423 g/mol. The summed E-state index contributed by atoms with van der Waals surface area (Å²) in [6.45, 7) is 1.58. The number of imide groups is 1. The predicted octanol–water partition coefficient (Wildman–Crippen LogP) is 3.21. The number of carbonyl (C=O) groups is 3. The summed E-state index contributed by atoms with van der Waals surface area (Å²) in [5, 5.41) is 3.48. The lowest BCUT2D eigenvalue weighted by Crippen LogP contribution is -2.48. The topological polar surface area (TPSA) is 78.5 Å². The molecule has 1 aliphatic heterocycles. The van der Waals surface area contributed by atoms with E-state index >= 15 is 0 Å². The fourth-order valence-electron chi connectivity index (χ4n) is 2.54. The van der Waals surface area contributed by atoms with Crippen LogP contribution in [0.5, 0.6) is 0 Å². The van der Waals surface area contributed by atoms with Crippen LogP contribution in [-0.2, 0) is 10.3 Å². The third-order valence-electron chi connectivity index (χ3n) is 3.93. The fraction of sp³-hybridized carbons (Fsp3) is 0.118. The summed E-state index contributed by atoms with van der Waals surface area (Å²) in [5.74, 6) is -1.23. The van der Waals surface area contributed by atoms with E-state index in [1.54, 1.807) is 43.3 Å². The monoisotopic (exact) mass is 421 g/mol. The van der Waals surface area contributed by atoms with Gasteiger partial charge in [-0.2, -0.15) is 5.01 Å². The number of urea groups is 1. The van der Waals surface area contributed by atoms with Gasteiger partial charge in [0.25, 0.3) is 11.8 Å². The average Bonchev–Trinajstić information content (AvgIpc) is 2.80. The van der Waals surface area contributed by atoms with Gasteiger partial charge in [-0.25, -0.2) is 4.79 Å². The van der Waals surface area contributed by atoms with Crippen LogP contribution in [-0.4, -0.2) is 22.9 Å². The van der Waals surface area contributed by atoms with Gasteiger partial charge in [0, 0.05) is 4.47 Å². The highest BCUT2D eigenvalue weighted by molar-refractivity contribution is 9.10. The summed E-state index contributed by atoms with van der Waals surface area (Å²) in [6.07, 6.45) is 0. The minimum absolute atomic E-state index is 0.152. The first-order valence-electron chi connectivity index (χ1n) is 7.31. The summed E-state index contributed by atoms with van der Waals surface area (Å²) in [5.41, 5.74) is 1.83. The van der Waals surface area contributed by atoms with Gasteiger partial charge in [-0.1, -0.05) is 57.9 Å². The molecule has 0 aromatic heterocycles. The van der Waals surface area contributed by atoms with Crippen molar-refractivity contribution in [3.05, 3.63) is 69.2 Å².